The van der Waals surface area contributed by atoms with Crippen LogP contribution in [0.4, 0.5) is 0 Å². The number of carbonyl (C=O) groups is 1. The van der Waals surface area contributed by atoms with Crippen LogP contribution in [-0.2, 0) is 4.79 Å². The summed E-state index contributed by atoms with van der Waals surface area (Å²) in [6, 6.07) is 11.3. The van der Waals surface area contributed by atoms with Gasteiger partial charge in [0.25, 0.3) is 0 Å². The number of phenolic OH excluding ortho intramolecular Hbond substituents is 1. The summed E-state index contributed by atoms with van der Waals surface area (Å²) in [5, 5.41) is 15.8. The van der Waals surface area contributed by atoms with Crippen LogP contribution >= 0.6 is 0 Å². The van der Waals surface area contributed by atoms with Gasteiger partial charge in [0.05, 0.1) is 6.21 Å². The van der Waals surface area contributed by atoms with Gasteiger partial charge in [0.2, 0.25) is 5.91 Å². The van der Waals surface area contributed by atoms with Gasteiger partial charge in [-0.3, -0.25) is 4.79 Å². The summed E-state index contributed by atoms with van der Waals surface area (Å²) >= 11 is 0. The minimum Gasteiger partial charge on any atom is -0.507 e. The molecule has 2 N–H and O–H groups in total. The quantitative estimate of drug-likeness (QED) is 0.652. The summed E-state index contributed by atoms with van der Waals surface area (Å²) in [5.41, 5.74) is 3.08. The average molecular weight is 254 g/mol. The lowest BCUT2D eigenvalue weighted by atomic mass is 10.1. The highest BCUT2D eigenvalue weighted by atomic mass is 16.3. The van der Waals surface area contributed by atoms with E-state index in [0.29, 0.717) is 5.56 Å². The van der Waals surface area contributed by atoms with Gasteiger partial charge in [-0.05, 0) is 24.3 Å². The Labute approximate surface area is 110 Å². The van der Waals surface area contributed by atoms with Gasteiger partial charge in [-0.1, -0.05) is 30.3 Å². The normalized spacial score (nSPS) is 14.9. The number of aromatic hydroxyl groups is 1. The lowest BCUT2D eigenvalue weighted by molar-refractivity contribution is -0.122. The van der Waals surface area contributed by atoms with Crippen molar-refractivity contribution >= 4 is 22.9 Å². The Hall–Kier alpha value is -2.36. The van der Waals surface area contributed by atoms with Crippen LogP contribution in [0.5, 0.6) is 5.75 Å². The first-order valence-corrected chi connectivity index (χ1v) is 6.29. The number of hydrazone groups is 1. The fourth-order valence-electron chi connectivity index (χ4n) is 1.98. The Kier molecular flexibility index (Phi) is 2.91. The third kappa shape index (κ3) is 2.42. The number of fused-ring (bicyclic) bond motifs is 1. The van der Waals surface area contributed by atoms with Crippen LogP contribution in [0, 0.1) is 5.92 Å². The van der Waals surface area contributed by atoms with Crippen LogP contribution in [0.1, 0.15) is 18.4 Å². The minimum absolute atomic E-state index is 0.0449. The van der Waals surface area contributed by atoms with Crippen molar-refractivity contribution in [2.45, 2.75) is 12.8 Å². The van der Waals surface area contributed by atoms with Crippen LogP contribution in [-0.4, -0.2) is 17.2 Å². The molecule has 1 aliphatic carbocycles. The van der Waals surface area contributed by atoms with Crippen molar-refractivity contribution in [3.63, 3.8) is 0 Å². The molecule has 1 amide bonds. The molecule has 96 valence electrons. The maximum Gasteiger partial charge on any atom is 0.243 e. The molecule has 3 rings (SSSR count). The molecule has 0 aliphatic heterocycles. The van der Waals surface area contributed by atoms with Crippen LogP contribution in [0.3, 0.4) is 0 Å². The molecule has 0 radical (unpaired) electrons. The summed E-state index contributed by atoms with van der Waals surface area (Å²) in [7, 11) is 0. The number of carbonyl (C=O) groups excluding carboxylic acids is 1. The van der Waals surface area contributed by atoms with E-state index in [9.17, 15) is 9.90 Å². The lowest BCUT2D eigenvalue weighted by Crippen LogP contribution is -2.18. The summed E-state index contributed by atoms with van der Waals surface area (Å²) in [6.45, 7) is 0. The third-order valence-electron chi connectivity index (χ3n) is 3.26. The van der Waals surface area contributed by atoms with E-state index in [1.54, 1.807) is 6.07 Å². The van der Waals surface area contributed by atoms with Gasteiger partial charge >= 0.3 is 0 Å². The maximum atomic E-state index is 11.4. The van der Waals surface area contributed by atoms with Crippen LogP contribution in [0.2, 0.25) is 0 Å². The smallest absolute Gasteiger partial charge is 0.243 e. The van der Waals surface area contributed by atoms with Crippen LogP contribution in [0.25, 0.3) is 10.8 Å². The highest BCUT2D eigenvalue weighted by Gasteiger charge is 2.29. The molecule has 0 unspecified atom stereocenters. The zero-order valence-electron chi connectivity index (χ0n) is 10.3. The highest BCUT2D eigenvalue weighted by molar-refractivity contribution is 5.97. The number of hydrogen-bond donors (Lipinski definition) is 2. The van der Waals surface area contributed by atoms with Gasteiger partial charge in [0.1, 0.15) is 5.75 Å². The van der Waals surface area contributed by atoms with Crippen molar-refractivity contribution in [2.75, 3.05) is 0 Å². The highest BCUT2D eigenvalue weighted by Crippen LogP contribution is 2.29. The monoisotopic (exact) mass is 254 g/mol. The van der Waals surface area contributed by atoms with E-state index in [0.717, 1.165) is 23.6 Å². The lowest BCUT2D eigenvalue weighted by Gasteiger charge is -2.04. The first-order valence-electron chi connectivity index (χ1n) is 6.29. The van der Waals surface area contributed by atoms with Crippen molar-refractivity contribution in [2.24, 2.45) is 11.0 Å². The third-order valence-corrected chi connectivity index (χ3v) is 3.26. The van der Waals surface area contributed by atoms with Gasteiger partial charge in [0.15, 0.2) is 0 Å². The number of rotatable bonds is 3. The van der Waals surface area contributed by atoms with E-state index in [-0.39, 0.29) is 17.6 Å². The standard InChI is InChI=1S/C15H14N2O2/c18-14-12(9-16-17-15(19)11-6-7-11)8-5-10-3-1-2-4-13(10)14/h1-5,8-9,11,18H,6-7H2,(H,17,19)/b16-9-. The molecule has 0 saturated heterocycles. The Morgan fingerprint density at radius 1 is 1.26 bits per heavy atom. The molecule has 2 aromatic carbocycles. The molecular weight excluding hydrogens is 240 g/mol. The van der Waals surface area contributed by atoms with Crippen LogP contribution in [0.15, 0.2) is 41.5 Å². The van der Waals surface area contributed by atoms with Crippen molar-refractivity contribution in [1.82, 2.24) is 5.43 Å². The second-order valence-corrected chi connectivity index (χ2v) is 4.73. The molecule has 0 spiro atoms. The number of nitrogens with zero attached hydrogens (tertiary/aromatic N) is 1. The zero-order chi connectivity index (χ0) is 13.2. The van der Waals surface area contributed by atoms with Crippen molar-refractivity contribution in [1.29, 1.82) is 0 Å². The van der Waals surface area contributed by atoms with Gasteiger partial charge < -0.3 is 5.11 Å². The van der Waals surface area contributed by atoms with Gasteiger partial charge in [-0.25, -0.2) is 5.43 Å². The molecule has 4 nitrogen and oxygen atoms in total. The van der Waals surface area contributed by atoms with Gasteiger partial charge in [-0.2, -0.15) is 5.10 Å². The van der Waals surface area contributed by atoms with E-state index < -0.39 is 0 Å². The van der Waals surface area contributed by atoms with Crippen molar-refractivity contribution < 1.29 is 9.90 Å². The summed E-state index contributed by atoms with van der Waals surface area (Å²) in [6.07, 6.45) is 3.37. The number of nitrogens with one attached hydrogen (secondary N) is 1. The van der Waals surface area contributed by atoms with Crippen molar-refractivity contribution in [3.8, 4) is 5.75 Å². The van der Waals surface area contributed by atoms with E-state index in [1.807, 2.05) is 30.3 Å². The first kappa shape index (κ1) is 11.7. The summed E-state index contributed by atoms with van der Waals surface area (Å²) < 4.78 is 0. The average Bonchev–Trinajstić information content (AvgIpc) is 3.26. The van der Waals surface area contributed by atoms with E-state index in [4.69, 9.17) is 0 Å². The molecular formula is C15H14N2O2. The molecule has 0 atom stereocenters. The molecule has 0 bridgehead atoms. The molecule has 1 saturated carbocycles. The van der Waals surface area contributed by atoms with E-state index >= 15 is 0 Å². The topological polar surface area (TPSA) is 61.7 Å². The number of phenols is 1. The fraction of sp³-hybridized carbons (Fsp3) is 0.200. The molecule has 1 aliphatic rings. The second kappa shape index (κ2) is 4.72. The number of amides is 1. The van der Waals surface area contributed by atoms with Gasteiger partial charge in [0, 0.05) is 16.9 Å². The molecule has 0 aromatic heterocycles. The van der Waals surface area contributed by atoms with E-state index in [2.05, 4.69) is 10.5 Å². The molecule has 2 aromatic rings. The zero-order valence-corrected chi connectivity index (χ0v) is 10.3. The van der Waals surface area contributed by atoms with E-state index in [1.165, 1.54) is 6.21 Å². The van der Waals surface area contributed by atoms with Gasteiger partial charge in [-0.15, -0.1) is 0 Å². The first-order chi connectivity index (χ1) is 9.25. The number of benzene rings is 2. The van der Waals surface area contributed by atoms with Crippen LogP contribution < -0.4 is 5.43 Å². The Bertz CT molecular complexity index is 660. The molecule has 0 heterocycles. The summed E-state index contributed by atoms with van der Waals surface area (Å²) in [5.74, 6) is 0.265. The summed E-state index contributed by atoms with van der Waals surface area (Å²) in [4.78, 5) is 11.4. The maximum absolute atomic E-state index is 11.4. The second-order valence-electron chi connectivity index (χ2n) is 4.73. The Balaban J connectivity index is 1.82. The number of hydrogen-bond acceptors (Lipinski definition) is 3. The molecule has 19 heavy (non-hydrogen) atoms. The minimum atomic E-state index is -0.0449. The van der Waals surface area contributed by atoms with Crippen molar-refractivity contribution in [3.05, 3.63) is 42.0 Å². The SMILES string of the molecule is O=C(N/N=C\c1ccc2ccccc2c1O)C1CC1. The molecule has 4 heteroatoms. The fourth-order valence-corrected chi connectivity index (χ4v) is 1.98. The Morgan fingerprint density at radius 3 is 2.84 bits per heavy atom. The predicted molar refractivity (Wildman–Crippen MR) is 74.1 cm³/mol. The molecule has 1 fully saturated rings. The largest absolute Gasteiger partial charge is 0.507 e. The predicted octanol–water partition coefficient (Wildman–Crippen LogP) is 2.41. The Morgan fingerprint density at radius 2 is 2.05 bits per heavy atom.